The second-order valence-corrected chi connectivity index (χ2v) is 23.5. The molecule has 2 saturated heterocycles. The highest BCUT2D eigenvalue weighted by Crippen LogP contribution is 2.44. The lowest BCUT2D eigenvalue weighted by Crippen LogP contribution is -2.35. The third-order valence-electron chi connectivity index (χ3n) is 17.2. The van der Waals surface area contributed by atoms with Crippen LogP contribution in [0, 0.1) is 23.7 Å². The number of carboxylic acids is 1. The Morgan fingerprint density at radius 3 is 1.77 bits per heavy atom. The van der Waals surface area contributed by atoms with Crippen molar-refractivity contribution in [2.75, 3.05) is 39.4 Å². The number of hydrogen-bond donors (Lipinski definition) is 1. The van der Waals surface area contributed by atoms with Crippen LogP contribution in [0.25, 0.3) is 0 Å². The summed E-state index contributed by atoms with van der Waals surface area (Å²) in [6.45, 7) is 7.79. The van der Waals surface area contributed by atoms with Gasteiger partial charge >= 0.3 is 11.9 Å². The molecular formula is C62H73Cl3N4O10. The van der Waals surface area contributed by atoms with E-state index in [1.807, 2.05) is 54.6 Å². The van der Waals surface area contributed by atoms with Crippen LogP contribution in [0.15, 0.2) is 72.8 Å². The molecule has 14 nitrogen and oxygen atoms in total. The minimum atomic E-state index is -0.724. The van der Waals surface area contributed by atoms with E-state index in [0.29, 0.717) is 77.0 Å². The van der Waals surface area contributed by atoms with E-state index < -0.39 is 5.97 Å². The number of aliphatic carboxylic acids is 1. The van der Waals surface area contributed by atoms with Gasteiger partial charge in [0.25, 0.3) is 0 Å². The van der Waals surface area contributed by atoms with E-state index in [1.54, 1.807) is 0 Å². The van der Waals surface area contributed by atoms with Crippen molar-refractivity contribution in [2.45, 2.75) is 142 Å². The maximum Gasteiger partial charge on any atom is 0.309 e. The number of esters is 1. The summed E-state index contributed by atoms with van der Waals surface area (Å²) >= 11 is 19.6. The molecule has 4 aromatic rings. The van der Waals surface area contributed by atoms with Crippen LogP contribution in [0.1, 0.15) is 148 Å². The fourth-order valence-corrected chi connectivity index (χ4v) is 13.1. The Labute approximate surface area is 478 Å². The van der Waals surface area contributed by atoms with Crippen molar-refractivity contribution >= 4 is 70.4 Å². The number of halogens is 3. The smallest absolute Gasteiger partial charge is 0.309 e. The molecule has 2 aliphatic heterocycles. The molecule has 4 amide bonds. The second-order valence-electron chi connectivity index (χ2n) is 22.3. The maximum absolute atomic E-state index is 14.1. The van der Waals surface area contributed by atoms with E-state index in [4.69, 9.17) is 49.0 Å². The molecule has 4 fully saturated rings. The molecule has 2 saturated carbocycles. The van der Waals surface area contributed by atoms with E-state index >= 15 is 0 Å². The monoisotopic (exact) mass is 1140 g/mol. The number of carbonyl (C=O) groups excluding carboxylic acids is 5. The molecule has 5 aliphatic rings. The number of nitrogens with zero attached hydrogens (tertiary/aromatic N) is 4. The second kappa shape index (κ2) is 26.8. The molecule has 4 aromatic carbocycles. The van der Waals surface area contributed by atoms with Crippen LogP contribution in [0.5, 0.6) is 11.5 Å². The first kappa shape index (κ1) is 58.2. The number of carbonyl (C=O) groups is 6. The molecule has 3 aliphatic carbocycles. The van der Waals surface area contributed by atoms with Crippen molar-refractivity contribution < 1.29 is 48.1 Å². The molecule has 0 spiro atoms. The molecule has 0 aromatic heterocycles. The highest BCUT2D eigenvalue weighted by molar-refractivity contribution is 6.42. The average Bonchev–Trinajstić information content (AvgIpc) is 4.24. The van der Waals surface area contributed by atoms with Crippen molar-refractivity contribution in [3.8, 4) is 11.5 Å². The van der Waals surface area contributed by atoms with Crippen LogP contribution in [0.2, 0.25) is 15.1 Å². The van der Waals surface area contributed by atoms with E-state index in [-0.39, 0.29) is 112 Å². The van der Waals surface area contributed by atoms with Gasteiger partial charge in [-0.05, 0) is 159 Å². The Bertz CT molecular complexity index is 2830. The first-order chi connectivity index (χ1) is 38.1. The number of likely N-dealkylation sites (tertiary alicyclic amines) is 2. The summed E-state index contributed by atoms with van der Waals surface area (Å²) in [5.41, 5.74) is 7.28. The number of carboxylic acid groups (broad SMARTS) is 1. The molecular weight excluding hydrogens is 1070 g/mol. The topological polar surface area (TPSA) is 163 Å². The van der Waals surface area contributed by atoms with Crippen LogP contribution >= 0.6 is 34.8 Å². The Morgan fingerprint density at radius 2 is 1.19 bits per heavy atom. The summed E-state index contributed by atoms with van der Waals surface area (Å²) in [6.07, 6.45) is 9.45. The average molecular weight is 1140 g/mol. The number of imide groups is 2. The normalized spacial score (nSPS) is 21.8. The number of hydrogen-bond acceptors (Lipinski definition) is 11. The first-order valence-electron chi connectivity index (χ1n) is 28.4. The SMILES string of the molecule is CCc1cc(CN(C[C@H]2CC[C@H](C(=O)OCc3cc(CN(C[C@H]4CC[C@H](C(=O)O)CC4)[C@@H](C)c4ccc(Cl)cc4)ccc3OCCN3C(=O)CCC3=O)CC2)[C@H]2CCc3c2ccc(Cl)c3Cl)ccc1OCCN1C(=O)CCC1=O. The van der Waals surface area contributed by atoms with Crippen molar-refractivity contribution in [3.05, 3.63) is 127 Å². The number of ether oxygens (including phenoxy) is 3. The van der Waals surface area contributed by atoms with Gasteiger partial charge in [-0.15, -0.1) is 0 Å². The van der Waals surface area contributed by atoms with Crippen molar-refractivity contribution in [1.29, 1.82) is 0 Å². The van der Waals surface area contributed by atoms with E-state index in [1.165, 1.54) is 15.4 Å². The minimum absolute atomic E-state index is 0.0112. The Morgan fingerprint density at radius 1 is 0.646 bits per heavy atom. The van der Waals surface area contributed by atoms with Gasteiger partial charge in [0.1, 0.15) is 31.3 Å². The fourth-order valence-electron chi connectivity index (χ4n) is 12.5. The number of fused-ring (bicyclic) bond motifs is 1. The van der Waals surface area contributed by atoms with Crippen LogP contribution in [0.3, 0.4) is 0 Å². The van der Waals surface area contributed by atoms with Crippen molar-refractivity contribution in [2.24, 2.45) is 23.7 Å². The molecule has 0 unspecified atom stereocenters. The highest BCUT2D eigenvalue weighted by Gasteiger charge is 2.36. The zero-order chi connectivity index (χ0) is 55.7. The Kier molecular flexibility index (Phi) is 19.8. The van der Waals surface area contributed by atoms with E-state index in [2.05, 4.69) is 41.8 Å². The van der Waals surface area contributed by atoms with Gasteiger partial charge in [0, 0.05) is 74.5 Å². The summed E-state index contributed by atoms with van der Waals surface area (Å²) in [5.74, 6) is -0.353. The van der Waals surface area contributed by atoms with Crippen LogP contribution in [-0.4, -0.2) is 99.7 Å². The largest absolute Gasteiger partial charge is 0.491 e. The van der Waals surface area contributed by atoms with Crippen molar-refractivity contribution in [3.63, 3.8) is 0 Å². The minimum Gasteiger partial charge on any atom is -0.491 e. The van der Waals surface area contributed by atoms with Gasteiger partial charge in [-0.1, -0.05) is 78.1 Å². The summed E-state index contributed by atoms with van der Waals surface area (Å²) in [4.78, 5) is 82.7. The van der Waals surface area contributed by atoms with Gasteiger partial charge in [0.2, 0.25) is 23.6 Å². The third kappa shape index (κ3) is 14.5. The van der Waals surface area contributed by atoms with Gasteiger partial charge in [0.15, 0.2) is 0 Å². The number of rotatable bonds is 24. The zero-order valence-electron chi connectivity index (χ0n) is 45.4. The Hall–Kier alpha value is -5.51. The quantitative estimate of drug-likeness (QED) is 0.0523. The molecule has 17 heteroatoms. The van der Waals surface area contributed by atoms with E-state index in [0.717, 1.165) is 91.6 Å². The number of benzene rings is 4. The van der Waals surface area contributed by atoms with Gasteiger partial charge in [-0.25, -0.2) is 0 Å². The van der Waals surface area contributed by atoms with Crippen LogP contribution < -0.4 is 9.47 Å². The van der Waals surface area contributed by atoms with E-state index in [9.17, 15) is 33.9 Å². The van der Waals surface area contributed by atoms with Crippen molar-refractivity contribution in [1.82, 2.24) is 19.6 Å². The zero-order valence-corrected chi connectivity index (χ0v) is 47.7. The molecule has 1 N–H and O–H groups in total. The first-order valence-corrected chi connectivity index (χ1v) is 29.5. The van der Waals surface area contributed by atoms with Crippen LogP contribution in [-0.2, 0) is 66.0 Å². The van der Waals surface area contributed by atoms with Gasteiger partial charge in [-0.3, -0.25) is 48.4 Å². The molecule has 2 atom stereocenters. The summed E-state index contributed by atoms with van der Waals surface area (Å²) < 4.78 is 18.6. The van der Waals surface area contributed by atoms with Crippen LogP contribution in [0.4, 0.5) is 0 Å². The predicted molar refractivity (Wildman–Crippen MR) is 302 cm³/mol. The predicted octanol–water partition coefficient (Wildman–Crippen LogP) is 11.8. The number of amides is 4. The molecule has 0 radical (unpaired) electrons. The molecule has 79 heavy (non-hydrogen) atoms. The maximum atomic E-state index is 14.1. The van der Waals surface area contributed by atoms with Gasteiger partial charge < -0.3 is 19.3 Å². The number of aryl methyl sites for hydroxylation is 1. The lowest BCUT2D eigenvalue weighted by Gasteiger charge is -2.36. The lowest BCUT2D eigenvalue weighted by molar-refractivity contribution is -0.151. The summed E-state index contributed by atoms with van der Waals surface area (Å²) in [6, 6.07) is 24.2. The third-order valence-corrected chi connectivity index (χ3v) is 18.3. The fraction of sp³-hybridized carbons (Fsp3) is 0.516. The highest BCUT2D eigenvalue weighted by atomic mass is 35.5. The molecule has 422 valence electrons. The molecule has 2 heterocycles. The Balaban J connectivity index is 0.867. The van der Waals surface area contributed by atoms with Gasteiger partial charge in [-0.2, -0.15) is 0 Å². The standard InChI is InChI=1S/C62H73Cl3N4O10/c1-3-44-32-42(8-22-54(44)77-30-28-68-56(70)24-25-57(68)71)37-67(53-21-19-51-50(53)18-20-52(64)60(51)65)35-41-6-12-47(13-7-41)62(76)79-38-48-33-43(9-23-55(48)78-31-29-69-58(72)26-27-59(69)73)36-66(39(2)45-14-16-49(63)17-15-45)34-40-4-10-46(11-5-40)61(74)75/h8-9,14-18,20,22-23,32-33,39-41,46-47,53H,3-7,10-13,19,21,24-31,34-38H2,1-2H3,(H,74,75)/t39-,40-,41-,46-,47-,53-/m0/s1. The summed E-state index contributed by atoms with van der Waals surface area (Å²) in [7, 11) is 0. The summed E-state index contributed by atoms with van der Waals surface area (Å²) in [5, 5.41) is 11.5. The molecule has 9 rings (SSSR count). The van der Waals surface area contributed by atoms with Gasteiger partial charge in [0.05, 0.1) is 35.0 Å². The lowest BCUT2D eigenvalue weighted by atomic mass is 9.81. The molecule has 0 bridgehead atoms.